The topological polar surface area (TPSA) is 107 Å². The van der Waals surface area contributed by atoms with Gasteiger partial charge in [0.25, 0.3) is 0 Å². The van der Waals surface area contributed by atoms with Crippen molar-refractivity contribution >= 4 is 11.8 Å². The first kappa shape index (κ1) is 17.1. The molecule has 4 aromatic rings. The van der Waals surface area contributed by atoms with Crippen LogP contribution in [0.3, 0.4) is 0 Å². The molecule has 0 bridgehead atoms. The van der Waals surface area contributed by atoms with E-state index in [2.05, 4.69) is 26.4 Å². The lowest BCUT2D eigenvalue weighted by atomic mass is 10.1. The van der Waals surface area contributed by atoms with Crippen molar-refractivity contribution in [2.24, 2.45) is 0 Å². The van der Waals surface area contributed by atoms with Crippen molar-refractivity contribution in [3.8, 4) is 29.0 Å². The molecule has 0 N–H and O–H groups in total. The van der Waals surface area contributed by atoms with Crippen molar-refractivity contribution in [1.82, 2.24) is 24.9 Å². The Bertz CT molecular complexity index is 1090. The highest BCUT2D eigenvalue weighted by Crippen LogP contribution is 2.27. The molecule has 3 aromatic heterocycles. The van der Waals surface area contributed by atoms with Crippen LogP contribution in [-0.2, 0) is 12.3 Å². The molecule has 4 rings (SSSR count). The van der Waals surface area contributed by atoms with E-state index in [9.17, 15) is 0 Å². The quantitative estimate of drug-likeness (QED) is 0.467. The van der Waals surface area contributed by atoms with Gasteiger partial charge in [0.15, 0.2) is 16.7 Å². The zero-order valence-corrected chi connectivity index (χ0v) is 15.2. The fourth-order valence-electron chi connectivity index (χ4n) is 2.55. The van der Waals surface area contributed by atoms with E-state index in [0.29, 0.717) is 41.2 Å². The van der Waals surface area contributed by atoms with E-state index in [1.807, 2.05) is 29.7 Å². The van der Waals surface area contributed by atoms with Gasteiger partial charge in [-0.1, -0.05) is 29.1 Å². The largest absolute Gasteiger partial charge is 0.461 e. The van der Waals surface area contributed by atoms with Gasteiger partial charge in [0.2, 0.25) is 11.7 Å². The van der Waals surface area contributed by atoms with Crippen molar-refractivity contribution < 1.29 is 8.94 Å². The third kappa shape index (κ3) is 3.47. The summed E-state index contributed by atoms with van der Waals surface area (Å²) in [5.41, 5.74) is 1.29. The van der Waals surface area contributed by atoms with Crippen LogP contribution in [0.5, 0.6) is 0 Å². The van der Waals surface area contributed by atoms with Gasteiger partial charge in [0, 0.05) is 12.1 Å². The summed E-state index contributed by atoms with van der Waals surface area (Å²) in [5.74, 6) is 2.75. The van der Waals surface area contributed by atoms with Crippen molar-refractivity contribution in [2.45, 2.75) is 24.4 Å². The molecule has 27 heavy (non-hydrogen) atoms. The van der Waals surface area contributed by atoms with Gasteiger partial charge in [-0.3, -0.25) is 4.57 Å². The average Bonchev–Trinajstić information content (AvgIpc) is 3.46. The minimum absolute atomic E-state index is 0.455. The molecule has 1 aromatic carbocycles. The number of aromatic nitrogens is 5. The highest BCUT2D eigenvalue weighted by Gasteiger charge is 2.17. The number of hydrogen-bond acceptors (Lipinski definition) is 8. The molecule has 0 spiro atoms. The number of hydrogen-bond donors (Lipinski definition) is 0. The fraction of sp³-hybridized carbons (Fsp3) is 0.167. The highest BCUT2D eigenvalue weighted by molar-refractivity contribution is 7.98. The van der Waals surface area contributed by atoms with Gasteiger partial charge in [0.1, 0.15) is 0 Å². The Balaban J connectivity index is 1.50. The first-order chi connectivity index (χ1) is 13.3. The second-order valence-corrected chi connectivity index (χ2v) is 6.46. The summed E-state index contributed by atoms with van der Waals surface area (Å²) >= 11 is 1.46. The lowest BCUT2D eigenvalue weighted by Gasteiger charge is -2.04. The minimum Gasteiger partial charge on any atom is -0.461 e. The molecule has 0 aliphatic carbocycles. The maximum absolute atomic E-state index is 9.00. The summed E-state index contributed by atoms with van der Waals surface area (Å²) in [6.07, 6.45) is 1.61. The van der Waals surface area contributed by atoms with Crippen LogP contribution in [0.1, 0.15) is 18.4 Å². The molecular weight excluding hydrogens is 364 g/mol. The normalized spacial score (nSPS) is 10.8. The molecule has 134 valence electrons. The summed E-state index contributed by atoms with van der Waals surface area (Å²) in [6.45, 7) is 2.73. The number of rotatable bonds is 6. The van der Waals surface area contributed by atoms with Crippen molar-refractivity contribution in [3.05, 3.63) is 54.1 Å². The first-order valence-corrected chi connectivity index (χ1v) is 9.20. The summed E-state index contributed by atoms with van der Waals surface area (Å²) in [6, 6.07) is 12.9. The first-order valence-electron chi connectivity index (χ1n) is 8.21. The molecule has 0 atom stereocenters. The molecule has 0 aliphatic heterocycles. The van der Waals surface area contributed by atoms with Crippen molar-refractivity contribution in [2.75, 3.05) is 0 Å². The molecule has 8 nitrogen and oxygen atoms in total. The van der Waals surface area contributed by atoms with Crippen LogP contribution in [0, 0.1) is 11.3 Å². The standard InChI is InChI=1S/C18H14N6O2S/c1-2-24-17(14-7-4-8-25-14)21-22-18(24)27-11-15-20-16(23-26-15)13-6-3-5-12(9-13)10-19/h3-9H,2,11H2,1H3. The van der Waals surface area contributed by atoms with Crippen LogP contribution in [0.4, 0.5) is 0 Å². The fourth-order valence-corrected chi connectivity index (χ4v) is 3.39. The van der Waals surface area contributed by atoms with E-state index in [1.54, 1.807) is 24.5 Å². The maximum atomic E-state index is 9.00. The summed E-state index contributed by atoms with van der Waals surface area (Å²) in [5, 5.41) is 22.2. The lowest BCUT2D eigenvalue weighted by Crippen LogP contribution is -1.99. The number of benzene rings is 1. The van der Waals surface area contributed by atoms with Crippen LogP contribution in [0.15, 0.2) is 56.8 Å². The molecule has 0 radical (unpaired) electrons. The van der Waals surface area contributed by atoms with Gasteiger partial charge in [-0.15, -0.1) is 10.2 Å². The Morgan fingerprint density at radius 1 is 1.22 bits per heavy atom. The maximum Gasteiger partial charge on any atom is 0.237 e. The molecule has 0 unspecified atom stereocenters. The predicted octanol–water partition coefficient (Wildman–Crippen LogP) is 3.77. The third-order valence-electron chi connectivity index (χ3n) is 3.82. The number of nitrogens with zero attached hydrogens (tertiary/aromatic N) is 6. The van der Waals surface area contributed by atoms with Crippen LogP contribution in [0.25, 0.3) is 23.0 Å². The molecule has 3 heterocycles. The van der Waals surface area contributed by atoms with E-state index in [4.69, 9.17) is 14.2 Å². The molecule has 9 heteroatoms. The number of thioether (sulfide) groups is 1. The van der Waals surface area contributed by atoms with Crippen LogP contribution in [-0.4, -0.2) is 24.9 Å². The zero-order valence-electron chi connectivity index (χ0n) is 14.4. The Morgan fingerprint density at radius 3 is 2.93 bits per heavy atom. The van der Waals surface area contributed by atoms with E-state index in [0.717, 1.165) is 10.7 Å². The predicted molar refractivity (Wildman–Crippen MR) is 97.4 cm³/mol. The Labute approximate surface area is 158 Å². The molecule has 0 aliphatic rings. The molecular formula is C18H14N6O2S. The van der Waals surface area contributed by atoms with Gasteiger partial charge < -0.3 is 8.94 Å². The Morgan fingerprint density at radius 2 is 2.15 bits per heavy atom. The van der Waals surface area contributed by atoms with Crippen molar-refractivity contribution in [3.63, 3.8) is 0 Å². The SMILES string of the molecule is CCn1c(SCc2nc(-c3cccc(C#N)c3)no2)nnc1-c1ccco1. The lowest BCUT2D eigenvalue weighted by molar-refractivity contribution is 0.391. The zero-order chi connectivity index (χ0) is 18.6. The summed E-state index contributed by atoms with van der Waals surface area (Å²) in [4.78, 5) is 4.40. The van der Waals surface area contributed by atoms with E-state index < -0.39 is 0 Å². The van der Waals surface area contributed by atoms with E-state index >= 15 is 0 Å². The van der Waals surface area contributed by atoms with Crippen LogP contribution in [0.2, 0.25) is 0 Å². The third-order valence-corrected chi connectivity index (χ3v) is 4.77. The Hall–Kier alpha value is -3.38. The average molecular weight is 378 g/mol. The molecule has 0 fully saturated rings. The second-order valence-electron chi connectivity index (χ2n) is 5.52. The van der Waals surface area contributed by atoms with E-state index in [-0.39, 0.29) is 0 Å². The van der Waals surface area contributed by atoms with Gasteiger partial charge in [-0.25, -0.2) is 0 Å². The van der Waals surface area contributed by atoms with Gasteiger partial charge in [-0.05, 0) is 31.2 Å². The minimum atomic E-state index is 0.455. The monoisotopic (exact) mass is 378 g/mol. The van der Waals surface area contributed by atoms with Gasteiger partial charge in [0.05, 0.1) is 23.6 Å². The summed E-state index contributed by atoms with van der Waals surface area (Å²) in [7, 11) is 0. The highest BCUT2D eigenvalue weighted by atomic mass is 32.2. The second kappa shape index (κ2) is 7.47. The molecule has 0 amide bonds. The Kier molecular flexibility index (Phi) is 4.72. The molecule has 0 saturated carbocycles. The van der Waals surface area contributed by atoms with Crippen LogP contribution >= 0.6 is 11.8 Å². The van der Waals surface area contributed by atoms with Gasteiger partial charge in [-0.2, -0.15) is 10.2 Å². The number of nitriles is 1. The van der Waals surface area contributed by atoms with Crippen molar-refractivity contribution in [1.29, 1.82) is 5.26 Å². The van der Waals surface area contributed by atoms with Gasteiger partial charge >= 0.3 is 0 Å². The summed E-state index contributed by atoms with van der Waals surface area (Å²) < 4.78 is 12.7. The smallest absolute Gasteiger partial charge is 0.237 e. The van der Waals surface area contributed by atoms with E-state index in [1.165, 1.54) is 11.8 Å². The number of furan rings is 1. The van der Waals surface area contributed by atoms with Crippen LogP contribution < -0.4 is 0 Å². The molecule has 0 saturated heterocycles.